The van der Waals surface area contributed by atoms with Crippen molar-refractivity contribution >= 4 is 38.9 Å². The molecule has 1 fully saturated rings. The van der Waals surface area contributed by atoms with E-state index >= 15 is 0 Å². The Kier molecular flexibility index (Phi) is 6.15. The van der Waals surface area contributed by atoms with Crippen molar-refractivity contribution in [1.29, 1.82) is 0 Å². The third-order valence-electron chi connectivity index (χ3n) is 3.67. The third-order valence-corrected chi connectivity index (χ3v) is 6.08. The Morgan fingerprint density at radius 3 is 2.67 bits per heavy atom. The highest BCUT2D eigenvalue weighted by molar-refractivity contribution is 8.19. The second-order valence-corrected chi connectivity index (χ2v) is 8.20. The zero-order valence-electron chi connectivity index (χ0n) is 14.6. The summed E-state index contributed by atoms with van der Waals surface area (Å²) < 4.78 is 39.4. The Labute approximate surface area is 161 Å². The molecule has 0 aliphatic carbocycles. The number of thioether (sulfide) groups is 1. The van der Waals surface area contributed by atoms with Crippen LogP contribution in [0.4, 0.5) is 0 Å². The van der Waals surface area contributed by atoms with E-state index in [0.717, 1.165) is 11.8 Å². The average molecular weight is 406 g/mol. The Morgan fingerprint density at radius 1 is 1.22 bits per heavy atom. The quantitative estimate of drug-likeness (QED) is 0.519. The lowest BCUT2D eigenvalue weighted by Crippen LogP contribution is -2.31. The van der Waals surface area contributed by atoms with E-state index in [2.05, 4.69) is 4.40 Å². The van der Waals surface area contributed by atoms with Gasteiger partial charge in [-0.1, -0.05) is 18.2 Å². The topological polar surface area (TPSA) is 89.2 Å². The molecule has 2 aromatic rings. The van der Waals surface area contributed by atoms with Crippen LogP contribution in [0.15, 0.2) is 67.3 Å². The number of rotatable bonds is 7. The zero-order chi connectivity index (χ0) is 19.3. The van der Waals surface area contributed by atoms with Crippen molar-refractivity contribution in [1.82, 2.24) is 4.90 Å². The Balaban J connectivity index is 1.94. The van der Waals surface area contributed by atoms with E-state index in [1.807, 2.05) is 0 Å². The molecular weight excluding hydrogens is 388 g/mol. The predicted molar refractivity (Wildman–Crippen MR) is 104 cm³/mol. The van der Waals surface area contributed by atoms with Crippen LogP contribution >= 0.6 is 11.8 Å². The first kappa shape index (κ1) is 19.4. The number of hydrogen-bond acceptors (Lipinski definition) is 6. The van der Waals surface area contributed by atoms with E-state index in [-0.39, 0.29) is 16.0 Å². The second kappa shape index (κ2) is 8.55. The molecular formula is C18H18N2O5S2. The summed E-state index contributed by atoms with van der Waals surface area (Å²) in [5, 5.41) is 0.123. The molecule has 0 radical (unpaired) electrons. The van der Waals surface area contributed by atoms with Crippen molar-refractivity contribution in [2.45, 2.75) is 11.3 Å². The molecule has 9 heteroatoms. The van der Waals surface area contributed by atoms with Crippen molar-refractivity contribution < 1.29 is 22.4 Å². The SMILES string of the molecule is COCCCN1C(=O)/C(=C\c2ccco2)S/C1=N\S(=O)(=O)c1ccccc1. The van der Waals surface area contributed by atoms with E-state index in [0.29, 0.717) is 30.2 Å². The number of sulfonamides is 1. The molecule has 0 atom stereocenters. The molecule has 1 aromatic carbocycles. The minimum atomic E-state index is -3.92. The van der Waals surface area contributed by atoms with Gasteiger partial charge in [-0.25, -0.2) is 0 Å². The Hall–Kier alpha value is -2.36. The number of ether oxygens (including phenoxy) is 1. The fraction of sp³-hybridized carbons (Fsp3) is 0.222. The standard InChI is InChI=1S/C18H18N2O5S2/c1-24-11-6-10-20-17(21)16(13-14-7-5-12-25-14)26-18(20)19-27(22,23)15-8-3-2-4-9-15/h2-5,7-9,12-13H,6,10-11H2,1H3/b16-13+,19-18-. The summed E-state index contributed by atoms with van der Waals surface area (Å²) in [7, 11) is -2.36. The molecule has 27 heavy (non-hydrogen) atoms. The number of nitrogens with zero attached hydrogens (tertiary/aromatic N) is 2. The highest BCUT2D eigenvalue weighted by atomic mass is 32.2. The maximum atomic E-state index is 12.7. The average Bonchev–Trinajstić information content (AvgIpc) is 3.26. The highest BCUT2D eigenvalue weighted by Gasteiger charge is 2.35. The molecule has 1 amide bonds. The van der Waals surface area contributed by atoms with Gasteiger partial charge in [0.25, 0.3) is 15.9 Å². The number of hydrogen-bond donors (Lipinski definition) is 0. The van der Waals surface area contributed by atoms with Crippen molar-refractivity contribution in [3.63, 3.8) is 0 Å². The van der Waals surface area contributed by atoms with Crippen molar-refractivity contribution in [2.24, 2.45) is 4.40 Å². The summed E-state index contributed by atoms with van der Waals surface area (Å²) in [6.45, 7) is 0.753. The minimum absolute atomic E-state index is 0.0749. The summed E-state index contributed by atoms with van der Waals surface area (Å²) in [5.41, 5.74) is 0. The van der Waals surface area contributed by atoms with Gasteiger partial charge < -0.3 is 9.15 Å². The van der Waals surface area contributed by atoms with Crippen LogP contribution in [0, 0.1) is 0 Å². The minimum Gasteiger partial charge on any atom is -0.465 e. The number of benzene rings is 1. The van der Waals surface area contributed by atoms with Crippen LogP contribution in [0.3, 0.4) is 0 Å². The molecule has 1 aromatic heterocycles. The van der Waals surface area contributed by atoms with Crippen molar-refractivity contribution in [3.05, 3.63) is 59.4 Å². The van der Waals surface area contributed by atoms with Gasteiger partial charge >= 0.3 is 0 Å². The molecule has 1 aliphatic heterocycles. The highest BCUT2D eigenvalue weighted by Crippen LogP contribution is 2.33. The third kappa shape index (κ3) is 4.68. The summed E-state index contributed by atoms with van der Waals surface area (Å²) in [6.07, 6.45) is 3.64. The Morgan fingerprint density at radius 2 is 2.00 bits per heavy atom. The number of amidine groups is 1. The summed E-state index contributed by atoms with van der Waals surface area (Å²) in [6, 6.07) is 11.3. The molecule has 0 saturated carbocycles. The fourth-order valence-corrected chi connectivity index (χ4v) is 4.60. The van der Waals surface area contributed by atoms with Crippen molar-refractivity contribution in [2.75, 3.05) is 20.3 Å². The van der Waals surface area contributed by atoms with Gasteiger partial charge in [0.1, 0.15) is 5.76 Å². The smallest absolute Gasteiger partial charge is 0.284 e. The molecule has 0 unspecified atom stereocenters. The fourth-order valence-electron chi connectivity index (χ4n) is 2.39. The molecule has 1 aliphatic rings. The van der Waals surface area contributed by atoms with E-state index < -0.39 is 10.0 Å². The largest absolute Gasteiger partial charge is 0.465 e. The molecule has 1 saturated heterocycles. The normalized spacial score (nSPS) is 18.0. The molecule has 0 bridgehead atoms. The van der Waals surface area contributed by atoms with Crippen LogP contribution in [0.5, 0.6) is 0 Å². The van der Waals surface area contributed by atoms with E-state index in [1.165, 1.54) is 23.3 Å². The first-order chi connectivity index (χ1) is 13.0. The number of furan rings is 1. The number of amides is 1. The van der Waals surface area contributed by atoms with Gasteiger partial charge in [0.2, 0.25) is 0 Å². The molecule has 3 rings (SSSR count). The van der Waals surface area contributed by atoms with Crippen LogP contribution in [0.2, 0.25) is 0 Å². The number of carbonyl (C=O) groups is 1. The summed E-state index contributed by atoms with van der Waals surface area (Å²) in [4.78, 5) is 14.5. The van der Waals surface area contributed by atoms with Gasteiger partial charge in [0.05, 0.1) is 16.1 Å². The molecule has 0 N–H and O–H groups in total. The predicted octanol–water partition coefficient (Wildman–Crippen LogP) is 2.98. The number of carbonyl (C=O) groups excluding carboxylic acids is 1. The molecule has 0 spiro atoms. The lowest BCUT2D eigenvalue weighted by molar-refractivity contribution is -0.122. The van der Waals surface area contributed by atoms with Gasteiger partial charge in [-0.3, -0.25) is 9.69 Å². The number of methoxy groups -OCH3 is 1. The molecule has 142 valence electrons. The van der Waals surface area contributed by atoms with Crippen LogP contribution in [0.25, 0.3) is 6.08 Å². The monoisotopic (exact) mass is 406 g/mol. The van der Waals surface area contributed by atoms with Crippen LogP contribution in [0.1, 0.15) is 12.2 Å². The van der Waals surface area contributed by atoms with Crippen LogP contribution < -0.4 is 0 Å². The second-order valence-electron chi connectivity index (χ2n) is 5.59. The Bertz CT molecular complexity index is 951. The van der Waals surface area contributed by atoms with E-state index in [9.17, 15) is 13.2 Å². The maximum Gasteiger partial charge on any atom is 0.284 e. The molecule has 2 heterocycles. The van der Waals surface area contributed by atoms with Crippen LogP contribution in [-0.4, -0.2) is 44.7 Å². The van der Waals surface area contributed by atoms with Gasteiger partial charge in [-0.15, -0.1) is 4.40 Å². The van der Waals surface area contributed by atoms with Crippen LogP contribution in [-0.2, 0) is 19.6 Å². The lowest BCUT2D eigenvalue weighted by Gasteiger charge is -2.14. The lowest BCUT2D eigenvalue weighted by atomic mass is 10.3. The van der Waals surface area contributed by atoms with Gasteiger partial charge in [-0.05, 0) is 42.4 Å². The van der Waals surface area contributed by atoms with Crippen molar-refractivity contribution in [3.8, 4) is 0 Å². The molecule has 7 nitrogen and oxygen atoms in total. The van der Waals surface area contributed by atoms with E-state index in [1.54, 1.807) is 43.5 Å². The van der Waals surface area contributed by atoms with E-state index in [4.69, 9.17) is 9.15 Å². The van der Waals surface area contributed by atoms with Gasteiger partial charge in [0, 0.05) is 26.3 Å². The maximum absolute atomic E-state index is 12.7. The summed E-state index contributed by atoms with van der Waals surface area (Å²) in [5.74, 6) is 0.198. The first-order valence-electron chi connectivity index (χ1n) is 8.15. The van der Waals surface area contributed by atoms with Gasteiger partial charge in [-0.2, -0.15) is 8.42 Å². The van der Waals surface area contributed by atoms with Gasteiger partial charge in [0.15, 0.2) is 5.17 Å². The first-order valence-corrected chi connectivity index (χ1v) is 10.4. The summed E-state index contributed by atoms with van der Waals surface area (Å²) >= 11 is 1.01. The zero-order valence-corrected chi connectivity index (χ0v) is 16.2.